The van der Waals surface area contributed by atoms with Crippen LogP contribution in [0.2, 0.25) is 0 Å². The third kappa shape index (κ3) is 3.69. The van der Waals surface area contributed by atoms with Gasteiger partial charge in [0.15, 0.2) is 5.76 Å². The van der Waals surface area contributed by atoms with Gasteiger partial charge in [-0.15, -0.1) is 0 Å². The number of likely N-dealkylation sites (tertiary alicyclic amines) is 1. The van der Waals surface area contributed by atoms with Gasteiger partial charge in [0, 0.05) is 18.5 Å². The molecule has 1 amide bonds. The van der Waals surface area contributed by atoms with Gasteiger partial charge in [-0.05, 0) is 50.4 Å². The minimum absolute atomic E-state index is 0.122. The van der Waals surface area contributed by atoms with Crippen molar-refractivity contribution < 1.29 is 9.21 Å². The SMILES string of the molecule is C[C@H]1CCCN(CCCNC(=O)c2cc3ccccc3o2)C1. The summed E-state index contributed by atoms with van der Waals surface area (Å²) in [5.74, 6) is 1.08. The van der Waals surface area contributed by atoms with Crippen LogP contribution in [0.25, 0.3) is 11.0 Å². The van der Waals surface area contributed by atoms with E-state index in [1.54, 1.807) is 6.07 Å². The Morgan fingerprint density at radius 2 is 2.27 bits per heavy atom. The van der Waals surface area contributed by atoms with Crippen molar-refractivity contribution in [3.05, 3.63) is 36.1 Å². The molecule has 1 aliphatic rings. The van der Waals surface area contributed by atoms with Crippen molar-refractivity contribution in [1.82, 2.24) is 10.2 Å². The lowest BCUT2D eigenvalue weighted by atomic mass is 10.0. The van der Waals surface area contributed by atoms with Gasteiger partial charge in [0.05, 0.1) is 0 Å². The molecule has 0 saturated carbocycles. The zero-order valence-electron chi connectivity index (χ0n) is 13.2. The number of hydrogen-bond acceptors (Lipinski definition) is 3. The molecule has 118 valence electrons. The van der Waals surface area contributed by atoms with Crippen LogP contribution < -0.4 is 5.32 Å². The number of nitrogens with one attached hydrogen (secondary N) is 1. The molecule has 0 aliphatic carbocycles. The average molecular weight is 300 g/mol. The molecular weight excluding hydrogens is 276 g/mol. The van der Waals surface area contributed by atoms with Crippen molar-refractivity contribution in [1.29, 1.82) is 0 Å². The van der Waals surface area contributed by atoms with Crippen molar-refractivity contribution in [2.75, 3.05) is 26.2 Å². The number of furan rings is 1. The smallest absolute Gasteiger partial charge is 0.287 e. The molecule has 3 rings (SSSR count). The number of amides is 1. The Hall–Kier alpha value is -1.81. The van der Waals surface area contributed by atoms with E-state index in [1.165, 1.54) is 25.9 Å². The first-order valence-electron chi connectivity index (χ1n) is 8.21. The summed E-state index contributed by atoms with van der Waals surface area (Å²) in [6.07, 6.45) is 3.63. The molecule has 22 heavy (non-hydrogen) atoms. The van der Waals surface area contributed by atoms with Crippen LogP contribution in [0.5, 0.6) is 0 Å². The lowest BCUT2D eigenvalue weighted by molar-refractivity contribution is 0.0924. The van der Waals surface area contributed by atoms with Crippen LogP contribution >= 0.6 is 0 Å². The number of para-hydroxylation sites is 1. The van der Waals surface area contributed by atoms with E-state index in [-0.39, 0.29) is 5.91 Å². The van der Waals surface area contributed by atoms with Crippen molar-refractivity contribution in [2.45, 2.75) is 26.2 Å². The summed E-state index contributed by atoms with van der Waals surface area (Å²) in [5, 5.41) is 3.92. The molecule has 1 aliphatic heterocycles. The highest BCUT2D eigenvalue weighted by molar-refractivity contribution is 5.95. The molecule has 0 spiro atoms. The van der Waals surface area contributed by atoms with Crippen molar-refractivity contribution in [2.24, 2.45) is 5.92 Å². The zero-order chi connectivity index (χ0) is 15.4. The minimum Gasteiger partial charge on any atom is -0.451 e. The van der Waals surface area contributed by atoms with E-state index >= 15 is 0 Å². The molecule has 0 unspecified atom stereocenters. The Balaban J connectivity index is 1.44. The lowest BCUT2D eigenvalue weighted by Gasteiger charge is -2.30. The van der Waals surface area contributed by atoms with Crippen molar-refractivity contribution in [3.8, 4) is 0 Å². The van der Waals surface area contributed by atoms with E-state index in [2.05, 4.69) is 17.1 Å². The van der Waals surface area contributed by atoms with Gasteiger partial charge in [-0.25, -0.2) is 0 Å². The molecule has 1 fully saturated rings. The second kappa shape index (κ2) is 6.97. The molecular formula is C18H24N2O2. The molecule has 1 aromatic heterocycles. The Morgan fingerprint density at radius 3 is 3.09 bits per heavy atom. The van der Waals surface area contributed by atoms with Crippen molar-refractivity contribution >= 4 is 16.9 Å². The molecule has 0 bridgehead atoms. The topological polar surface area (TPSA) is 45.5 Å². The Labute approximate surface area is 131 Å². The van der Waals surface area contributed by atoms with Gasteiger partial charge >= 0.3 is 0 Å². The molecule has 1 atom stereocenters. The van der Waals surface area contributed by atoms with Crippen LogP contribution in [0.4, 0.5) is 0 Å². The normalized spacial score (nSPS) is 19.4. The number of benzene rings is 1. The van der Waals surface area contributed by atoms with Gasteiger partial charge in [0.2, 0.25) is 0 Å². The fraction of sp³-hybridized carbons (Fsp3) is 0.500. The van der Waals surface area contributed by atoms with Gasteiger partial charge in [-0.2, -0.15) is 0 Å². The predicted octanol–water partition coefficient (Wildman–Crippen LogP) is 3.28. The molecule has 1 aromatic carbocycles. The summed E-state index contributed by atoms with van der Waals surface area (Å²) in [7, 11) is 0. The van der Waals surface area contributed by atoms with Gasteiger partial charge in [-0.3, -0.25) is 4.79 Å². The van der Waals surface area contributed by atoms with Gasteiger partial charge in [0.1, 0.15) is 5.58 Å². The van der Waals surface area contributed by atoms with Crippen LogP contribution in [0.3, 0.4) is 0 Å². The quantitative estimate of drug-likeness (QED) is 0.862. The highest BCUT2D eigenvalue weighted by Crippen LogP contribution is 2.18. The summed E-state index contributed by atoms with van der Waals surface area (Å²) in [6, 6.07) is 9.49. The van der Waals surface area contributed by atoms with E-state index in [0.717, 1.165) is 29.9 Å². The van der Waals surface area contributed by atoms with Gasteiger partial charge in [-0.1, -0.05) is 25.1 Å². The molecule has 4 heteroatoms. The first kappa shape index (κ1) is 15.1. The second-order valence-corrected chi connectivity index (χ2v) is 6.31. The molecule has 1 N–H and O–H groups in total. The first-order chi connectivity index (χ1) is 10.7. The van der Waals surface area contributed by atoms with E-state index in [1.807, 2.05) is 24.3 Å². The third-order valence-electron chi connectivity index (χ3n) is 4.33. The van der Waals surface area contributed by atoms with E-state index < -0.39 is 0 Å². The van der Waals surface area contributed by atoms with Gasteiger partial charge < -0.3 is 14.6 Å². The fourth-order valence-corrected chi connectivity index (χ4v) is 3.18. The highest BCUT2D eigenvalue weighted by atomic mass is 16.3. The molecule has 1 saturated heterocycles. The van der Waals surface area contributed by atoms with Crippen LogP contribution in [0.15, 0.2) is 34.7 Å². The summed E-state index contributed by atoms with van der Waals surface area (Å²) in [6.45, 7) is 6.46. The number of fused-ring (bicyclic) bond motifs is 1. The average Bonchev–Trinajstić information content (AvgIpc) is 2.95. The number of carbonyl (C=O) groups excluding carboxylic acids is 1. The Bertz CT molecular complexity index is 602. The lowest BCUT2D eigenvalue weighted by Crippen LogP contribution is -2.36. The maximum Gasteiger partial charge on any atom is 0.287 e. The Morgan fingerprint density at radius 1 is 1.41 bits per heavy atom. The summed E-state index contributed by atoms with van der Waals surface area (Å²) in [5.41, 5.74) is 0.759. The maximum atomic E-state index is 12.1. The summed E-state index contributed by atoms with van der Waals surface area (Å²) in [4.78, 5) is 14.6. The standard InChI is InChI=1S/C18H24N2O2/c1-14-6-4-10-20(13-14)11-5-9-19-18(21)17-12-15-7-2-3-8-16(15)22-17/h2-3,7-8,12,14H,4-6,9-11,13H2,1H3,(H,19,21)/t14-/m0/s1. The number of rotatable bonds is 5. The summed E-state index contributed by atoms with van der Waals surface area (Å²) >= 11 is 0. The number of carbonyl (C=O) groups is 1. The fourth-order valence-electron chi connectivity index (χ4n) is 3.18. The zero-order valence-corrected chi connectivity index (χ0v) is 13.2. The highest BCUT2D eigenvalue weighted by Gasteiger charge is 2.16. The third-order valence-corrected chi connectivity index (χ3v) is 4.33. The maximum absolute atomic E-state index is 12.1. The van der Waals surface area contributed by atoms with E-state index in [4.69, 9.17) is 4.42 Å². The Kier molecular flexibility index (Phi) is 4.78. The van der Waals surface area contributed by atoms with Crippen LogP contribution in [0.1, 0.15) is 36.7 Å². The molecule has 0 radical (unpaired) electrons. The van der Waals surface area contributed by atoms with Gasteiger partial charge in [0.25, 0.3) is 5.91 Å². The number of nitrogens with zero attached hydrogens (tertiary/aromatic N) is 1. The molecule has 2 aromatic rings. The number of hydrogen-bond donors (Lipinski definition) is 1. The van der Waals surface area contributed by atoms with Crippen LogP contribution in [-0.4, -0.2) is 37.0 Å². The summed E-state index contributed by atoms with van der Waals surface area (Å²) < 4.78 is 5.57. The first-order valence-corrected chi connectivity index (χ1v) is 8.21. The predicted molar refractivity (Wildman–Crippen MR) is 88.0 cm³/mol. The molecule has 4 nitrogen and oxygen atoms in total. The molecule has 2 heterocycles. The number of piperidine rings is 1. The monoisotopic (exact) mass is 300 g/mol. The van der Waals surface area contributed by atoms with Crippen molar-refractivity contribution in [3.63, 3.8) is 0 Å². The minimum atomic E-state index is -0.122. The largest absolute Gasteiger partial charge is 0.451 e. The van der Waals surface area contributed by atoms with Crippen LogP contribution in [-0.2, 0) is 0 Å². The van der Waals surface area contributed by atoms with Crippen LogP contribution in [0, 0.1) is 5.92 Å². The van der Waals surface area contributed by atoms with E-state index in [9.17, 15) is 4.79 Å². The second-order valence-electron chi connectivity index (χ2n) is 6.31. The van der Waals surface area contributed by atoms with E-state index in [0.29, 0.717) is 12.3 Å².